The first-order valence-electron chi connectivity index (χ1n) is 10.3. The van der Waals surface area contributed by atoms with E-state index in [9.17, 15) is 4.79 Å². The molecular formula is C26H22ClN3O. The molecule has 31 heavy (non-hydrogen) atoms. The molecule has 1 atom stereocenters. The van der Waals surface area contributed by atoms with Gasteiger partial charge < -0.3 is 14.8 Å². The van der Waals surface area contributed by atoms with Gasteiger partial charge in [-0.3, -0.25) is 0 Å². The Morgan fingerprint density at radius 1 is 0.935 bits per heavy atom. The van der Waals surface area contributed by atoms with Crippen LogP contribution in [-0.4, -0.2) is 15.5 Å². The van der Waals surface area contributed by atoms with Crippen LogP contribution in [0.5, 0.6) is 0 Å². The maximum Gasteiger partial charge on any atom is 0.323 e. The molecular weight excluding hydrogens is 406 g/mol. The van der Waals surface area contributed by atoms with Crippen LogP contribution in [0.25, 0.3) is 5.69 Å². The lowest BCUT2D eigenvalue weighted by molar-refractivity contribution is 0.194. The zero-order valence-electron chi connectivity index (χ0n) is 17.1. The summed E-state index contributed by atoms with van der Waals surface area (Å²) < 4.78 is 2.18. The van der Waals surface area contributed by atoms with Crippen LogP contribution in [-0.2, 0) is 6.54 Å². The molecule has 0 radical (unpaired) electrons. The van der Waals surface area contributed by atoms with Crippen LogP contribution in [0.1, 0.15) is 28.4 Å². The lowest BCUT2D eigenvalue weighted by Crippen LogP contribution is -2.38. The van der Waals surface area contributed by atoms with Crippen LogP contribution in [0, 0.1) is 6.92 Å². The van der Waals surface area contributed by atoms with Gasteiger partial charge in [-0.25, -0.2) is 4.79 Å². The van der Waals surface area contributed by atoms with E-state index in [-0.39, 0.29) is 12.1 Å². The summed E-state index contributed by atoms with van der Waals surface area (Å²) in [4.78, 5) is 15.5. The highest BCUT2D eigenvalue weighted by Gasteiger charge is 2.33. The Bertz CT molecular complexity index is 1250. The number of hydrogen-bond donors (Lipinski definition) is 1. The normalized spacial score (nSPS) is 15.0. The SMILES string of the molecule is Cc1ccc(C2c3cccn3-c3ccccc3CN2C(=O)Nc2ccccc2Cl)cc1. The molecule has 0 spiro atoms. The first-order valence-corrected chi connectivity index (χ1v) is 10.6. The maximum atomic E-state index is 13.6. The standard InChI is InChI=1S/C26H22ClN3O/c1-18-12-14-19(15-13-18)25-24-11-6-16-29(24)23-10-5-2-7-20(23)17-30(25)26(31)28-22-9-4-3-8-21(22)27/h2-16,25H,17H2,1H3,(H,28,31). The molecule has 0 fully saturated rings. The van der Waals surface area contributed by atoms with E-state index >= 15 is 0 Å². The molecule has 1 unspecified atom stereocenters. The zero-order chi connectivity index (χ0) is 21.4. The Balaban J connectivity index is 1.64. The molecule has 154 valence electrons. The van der Waals surface area contributed by atoms with E-state index in [0.717, 1.165) is 22.5 Å². The monoisotopic (exact) mass is 427 g/mol. The van der Waals surface area contributed by atoms with E-state index in [2.05, 4.69) is 65.5 Å². The number of aromatic nitrogens is 1. The molecule has 0 saturated carbocycles. The fourth-order valence-corrected chi connectivity index (χ4v) is 4.37. The van der Waals surface area contributed by atoms with Gasteiger partial charge in [0.1, 0.15) is 0 Å². The summed E-state index contributed by atoms with van der Waals surface area (Å²) in [5.74, 6) is 0. The van der Waals surface area contributed by atoms with E-state index in [1.54, 1.807) is 6.07 Å². The van der Waals surface area contributed by atoms with Gasteiger partial charge in [0.05, 0.1) is 29.0 Å². The zero-order valence-corrected chi connectivity index (χ0v) is 17.9. The number of nitrogens with one attached hydrogen (secondary N) is 1. The molecule has 1 aromatic heterocycles. The summed E-state index contributed by atoms with van der Waals surface area (Å²) in [6.45, 7) is 2.55. The van der Waals surface area contributed by atoms with Crippen LogP contribution in [0.4, 0.5) is 10.5 Å². The average molecular weight is 428 g/mol. The number of para-hydroxylation sites is 2. The van der Waals surface area contributed by atoms with Crippen molar-refractivity contribution in [3.63, 3.8) is 0 Å². The van der Waals surface area contributed by atoms with Crippen molar-refractivity contribution in [1.82, 2.24) is 9.47 Å². The number of fused-ring (bicyclic) bond motifs is 3. The van der Waals surface area contributed by atoms with Gasteiger partial charge in [-0.15, -0.1) is 0 Å². The molecule has 2 heterocycles. The Hall–Kier alpha value is -3.50. The highest BCUT2D eigenvalue weighted by molar-refractivity contribution is 6.33. The number of amides is 2. The number of urea groups is 1. The molecule has 1 aliphatic heterocycles. The van der Waals surface area contributed by atoms with Crippen LogP contribution in [0.15, 0.2) is 91.1 Å². The van der Waals surface area contributed by atoms with Gasteiger partial charge in [-0.1, -0.05) is 71.8 Å². The second-order valence-corrected chi connectivity index (χ2v) is 8.19. The number of rotatable bonds is 2. The number of aryl methyl sites for hydroxylation is 1. The summed E-state index contributed by atoms with van der Waals surface area (Å²) in [7, 11) is 0. The van der Waals surface area contributed by atoms with Crippen LogP contribution in [0.3, 0.4) is 0 Å². The van der Waals surface area contributed by atoms with Gasteiger partial charge in [0.25, 0.3) is 0 Å². The lowest BCUT2D eigenvalue weighted by atomic mass is 10.0. The molecule has 5 rings (SSSR count). The molecule has 1 N–H and O–H groups in total. The smallest absolute Gasteiger partial charge is 0.318 e. The third kappa shape index (κ3) is 3.60. The molecule has 0 aliphatic carbocycles. The molecule has 0 bridgehead atoms. The van der Waals surface area contributed by atoms with Crippen molar-refractivity contribution in [2.75, 3.05) is 5.32 Å². The second-order valence-electron chi connectivity index (χ2n) is 7.78. The Labute approximate surface area is 186 Å². The quantitative estimate of drug-likeness (QED) is 0.385. The van der Waals surface area contributed by atoms with E-state index in [1.165, 1.54) is 5.56 Å². The van der Waals surface area contributed by atoms with Crippen molar-refractivity contribution in [3.05, 3.63) is 119 Å². The second kappa shape index (κ2) is 7.97. The molecule has 0 saturated heterocycles. The predicted octanol–water partition coefficient (Wildman–Crippen LogP) is 6.58. The summed E-state index contributed by atoms with van der Waals surface area (Å²) in [5.41, 5.74) is 6.07. The number of benzene rings is 3. The maximum absolute atomic E-state index is 13.6. The molecule has 5 heteroatoms. The highest BCUT2D eigenvalue weighted by Crippen LogP contribution is 2.37. The van der Waals surface area contributed by atoms with E-state index in [4.69, 9.17) is 11.6 Å². The number of hydrogen-bond acceptors (Lipinski definition) is 1. The Morgan fingerprint density at radius 2 is 1.68 bits per heavy atom. The van der Waals surface area contributed by atoms with Gasteiger partial charge in [0.15, 0.2) is 0 Å². The topological polar surface area (TPSA) is 37.3 Å². The number of anilines is 1. The minimum absolute atomic E-state index is 0.192. The van der Waals surface area contributed by atoms with Crippen molar-refractivity contribution >= 4 is 23.3 Å². The summed E-state index contributed by atoms with van der Waals surface area (Å²) in [5, 5.41) is 3.53. The minimum Gasteiger partial charge on any atom is -0.318 e. The minimum atomic E-state index is -0.245. The van der Waals surface area contributed by atoms with Gasteiger partial charge in [0.2, 0.25) is 0 Å². The fraction of sp³-hybridized carbons (Fsp3) is 0.115. The van der Waals surface area contributed by atoms with Crippen molar-refractivity contribution in [1.29, 1.82) is 0 Å². The molecule has 4 nitrogen and oxygen atoms in total. The number of carbonyl (C=O) groups is 1. The average Bonchev–Trinajstić information content (AvgIpc) is 3.20. The first kappa shape index (κ1) is 19.5. The lowest BCUT2D eigenvalue weighted by Gasteiger charge is -2.31. The molecule has 3 aromatic carbocycles. The summed E-state index contributed by atoms with van der Waals surface area (Å²) >= 11 is 6.32. The molecule has 4 aromatic rings. The van der Waals surface area contributed by atoms with Gasteiger partial charge in [-0.05, 0) is 48.4 Å². The van der Waals surface area contributed by atoms with E-state index in [0.29, 0.717) is 17.3 Å². The number of carbonyl (C=O) groups excluding carboxylic acids is 1. The molecule has 1 aliphatic rings. The van der Waals surface area contributed by atoms with Gasteiger partial charge in [0, 0.05) is 11.9 Å². The summed E-state index contributed by atoms with van der Waals surface area (Å²) in [6, 6.07) is 27.6. The summed E-state index contributed by atoms with van der Waals surface area (Å²) in [6.07, 6.45) is 2.06. The number of halogens is 1. The van der Waals surface area contributed by atoms with Crippen molar-refractivity contribution in [2.45, 2.75) is 19.5 Å². The largest absolute Gasteiger partial charge is 0.323 e. The Kier molecular flexibility index (Phi) is 5.00. The Morgan fingerprint density at radius 3 is 2.48 bits per heavy atom. The third-order valence-electron chi connectivity index (χ3n) is 5.73. The van der Waals surface area contributed by atoms with Crippen LogP contribution in [0.2, 0.25) is 5.02 Å². The fourth-order valence-electron chi connectivity index (χ4n) is 4.19. The van der Waals surface area contributed by atoms with Gasteiger partial charge in [-0.2, -0.15) is 0 Å². The third-order valence-corrected chi connectivity index (χ3v) is 6.06. The van der Waals surface area contributed by atoms with Crippen LogP contribution < -0.4 is 5.32 Å². The predicted molar refractivity (Wildman–Crippen MR) is 125 cm³/mol. The van der Waals surface area contributed by atoms with Crippen LogP contribution >= 0.6 is 11.6 Å². The van der Waals surface area contributed by atoms with Crippen molar-refractivity contribution < 1.29 is 4.79 Å². The molecule has 2 amide bonds. The van der Waals surface area contributed by atoms with Crippen molar-refractivity contribution in [2.24, 2.45) is 0 Å². The van der Waals surface area contributed by atoms with E-state index < -0.39 is 0 Å². The van der Waals surface area contributed by atoms with Gasteiger partial charge >= 0.3 is 6.03 Å². The highest BCUT2D eigenvalue weighted by atomic mass is 35.5. The van der Waals surface area contributed by atoms with Crippen molar-refractivity contribution in [3.8, 4) is 5.69 Å². The van der Waals surface area contributed by atoms with E-state index in [1.807, 2.05) is 41.3 Å². The number of nitrogens with zero attached hydrogens (tertiary/aromatic N) is 2. The first-order chi connectivity index (χ1) is 15.1.